The second-order valence-corrected chi connectivity index (χ2v) is 5.70. The van der Waals surface area contributed by atoms with Gasteiger partial charge in [0.1, 0.15) is 0 Å². The van der Waals surface area contributed by atoms with Crippen LogP contribution in [0.3, 0.4) is 0 Å². The summed E-state index contributed by atoms with van der Waals surface area (Å²) in [7, 11) is 0. The van der Waals surface area contributed by atoms with Crippen LogP contribution >= 0.6 is 0 Å². The molecular formula is C14H22N4. The van der Waals surface area contributed by atoms with Gasteiger partial charge >= 0.3 is 0 Å². The largest absolute Gasteiger partial charge is 0.355 e. The van der Waals surface area contributed by atoms with Crippen LogP contribution in [0.4, 0.5) is 0 Å². The first-order chi connectivity index (χ1) is 8.93. The summed E-state index contributed by atoms with van der Waals surface area (Å²) in [6.07, 6.45) is 11.2. The summed E-state index contributed by atoms with van der Waals surface area (Å²) in [6.45, 7) is 4.49. The minimum absolute atomic E-state index is 0.585. The van der Waals surface area contributed by atoms with E-state index in [4.69, 9.17) is 0 Å². The van der Waals surface area contributed by atoms with Gasteiger partial charge < -0.3 is 9.80 Å². The normalized spacial score (nSPS) is 35.1. The second-order valence-electron chi connectivity index (χ2n) is 5.70. The Morgan fingerprint density at radius 2 is 1.33 bits per heavy atom. The SMILES string of the molecule is C1=C(C2=CCNC3CCCN23)N2CCCC2NC1. The fourth-order valence-electron chi connectivity index (χ4n) is 3.86. The van der Waals surface area contributed by atoms with Gasteiger partial charge in [-0.2, -0.15) is 0 Å². The molecule has 4 heterocycles. The predicted octanol–water partition coefficient (Wildman–Crippen LogP) is 0.804. The molecule has 2 fully saturated rings. The van der Waals surface area contributed by atoms with Gasteiger partial charge in [0.15, 0.2) is 0 Å². The number of fused-ring (bicyclic) bond motifs is 2. The van der Waals surface area contributed by atoms with Crippen molar-refractivity contribution in [1.29, 1.82) is 0 Å². The van der Waals surface area contributed by atoms with Crippen LogP contribution < -0.4 is 10.6 Å². The van der Waals surface area contributed by atoms with E-state index in [9.17, 15) is 0 Å². The molecule has 2 atom stereocenters. The van der Waals surface area contributed by atoms with E-state index in [0.717, 1.165) is 13.1 Å². The topological polar surface area (TPSA) is 30.5 Å². The van der Waals surface area contributed by atoms with Crippen LogP contribution in [-0.2, 0) is 0 Å². The van der Waals surface area contributed by atoms with E-state index in [1.165, 1.54) is 50.2 Å². The van der Waals surface area contributed by atoms with Gasteiger partial charge in [-0.05, 0) is 37.8 Å². The minimum Gasteiger partial charge on any atom is -0.355 e. The van der Waals surface area contributed by atoms with Crippen LogP contribution in [0.5, 0.6) is 0 Å². The zero-order chi connectivity index (χ0) is 11.9. The molecule has 4 aliphatic rings. The monoisotopic (exact) mass is 246 g/mol. The van der Waals surface area contributed by atoms with Gasteiger partial charge in [0, 0.05) is 26.2 Å². The highest BCUT2D eigenvalue weighted by Crippen LogP contribution is 2.33. The Labute approximate surface area is 109 Å². The van der Waals surface area contributed by atoms with Gasteiger partial charge in [0.25, 0.3) is 0 Å². The quantitative estimate of drug-likeness (QED) is 0.716. The lowest BCUT2D eigenvalue weighted by Crippen LogP contribution is -2.50. The maximum absolute atomic E-state index is 3.60. The molecule has 98 valence electrons. The number of hydrogen-bond acceptors (Lipinski definition) is 4. The molecule has 4 rings (SSSR count). The second kappa shape index (κ2) is 4.28. The summed E-state index contributed by atoms with van der Waals surface area (Å²) in [5.41, 5.74) is 2.98. The maximum Gasteiger partial charge on any atom is 0.0799 e. The molecule has 4 heteroatoms. The van der Waals surface area contributed by atoms with Crippen molar-refractivity contribution in [1.82, 2.24) is 20.4 Å². The molecule has 2 saturated heterocycles. The first-order valence-corrected chi connectivity index (χ1v) is 7.34. The molecule has 0 bridgehead atoms. The molecule has 0 spiro atoms. The Morgan fingerprint density at radius 1 is 0.833 bits per heavy atom. The van der Waals surface area contributed by atoms with E-state index in [1.54, 1.807) is 0 Å². The highest BCUT2D eigenvalue weighted by molar-refractivity contribution is 5.34. The Kier molecular flexibility index (Phi) is 2.59. The summed E-state index contributed by atoms with van der Waals surface area (Å²) in [5, 5.41) is 7.20. The third kappa shape index (κ3) is 1.59. The van der Waals surface area contributed by atoms with Gasteiger partial charge in [-0.3, -0.25) is 10.6 Å². The first-order valence-electron chi connectivity index (χ1n) is 7.34. The standard InChI is InChI=1S/C14H22N4/c1-3-13-15-7-5-11(17(13)9-1)12-6-8-16-14-4-2-10-18(12)14/h5-6,13-16H,1-4,7-10H2. The van der Waals surface area contributed by atoms with E-state index in [1.807, 2.05) is 0 Å². The van der Waals surface area contributed by atoms with E-state index in [2.05, 4.69) is 32.6 Å². The Balaban J connectivity index is 1.65. The van der Waals surface area contributed by atoms with Gasteiger partial charge in [-0.1, -0.05) is 0 Å². The summed E-state index contributed by atoms with van der Waals surface area (Å²) in [4.78, 5) is 5.16. The zero-order valence-electron chi connectivity index (χ0n) is 10.9. The van der Waals surface area contributed by atoms with Gasteiger partial charge in [0.05, 0.1) is 23.7 Å². The van der Waals surface area contributed by atoms with Crippen LogP contribution in [-0.4, -0.2) is 48.3 Å². The summed E-state index contributed by atoms with van der Waals surface area (Å²) >= 11 is 0. The molecule has 0 radical (unpaired) electrons. The third-order valence-corrected chi connectivity index (χ3v) is 4.68. The molecule has 0 saturated carbocycles. The molecule has 2 N–H and O–H groups in total. The maximum atomic E-state index is 3.60. The predicted molar refractivity (Wildman–Crippen MR) is 71.6 cm³/mol. The van der Waals surface area contributed by atoms with Gasteiger partial charge in [-0.15, -0.1) is 0 Å². The van der Waals surface area contributed by atoms with Crippen LogP contribution in [0, 0.1) is 0 Å². The average Bonchev–Trinajstić information content (AvgIpc) is 3.06. The Hall–Kier alpha value is -1.00. The molecule has 0 aromatic rings. The van der Waals surface area contributed by atoms with E-state index < -0.39 is 0 Å². The highest BCUT2D eigenvalue weighted by Gasteiger charge is 2.35. The van der Waals surface area contributed by atoms with E-state index in [-0.39, 0.29) is 0 Å². The summed E-state index contributed by atoms with van der Waals surface area (Å²) < 4.78 is 0. The fourth-order valence-corrected chi connectivity index (χ4v) is 3.86. The smallest absolute Gasteiger partial charge is 0.0799 e. The Bertz CT molecular complexity index is 363. The number of nitrogens with one attached hydrogen (secondary N) is 2. The molecule has 4 aliphatic heterocycles. The molecular weight excluding hydrogens is 224 g/mol. The first kappa shape index (κ1) is 10.9. The highest BCUT2D eigenvalue weighted by atomic mass is 15.4. The van der Waals surface area contributed by atoms with Crippen molar-refractivity contribution in [3.63, 3.8) is 0 Å². The lowest BCUT2D eigenvalue weighted by Gasteiger charge is -2.41. The van der Waals surface area contributed by atoms with Crippen molar-refractivity contribution in [2.75, 3.05) is 26.2 Å². The molecule has 2 unspecified atom stereocenters. The molecule has 0 aromatic carbocycles. The molecule has 0 amide bonds. The molecule has 0 aliphatic carbocycles. The van der Waals surface area contributed by atoms with E-state index >= 15 is 0 Å². The van der Waals surface area contributed by atoms with Gasteiger partial charge in [-0.25, -0.2) is 0 Å². The van der Waals surface area contributed by atoms with Crippen LogP contribution in [0.1, 0.15) is 25.7 Å². The number of hydrogen-bond donors (Lipinski definition) is 2. The van der Waals surface area contributed by atoms with Crippen molar-refractivity contribution in [2.24, 2.45) is 0 Å². The van der Waals surface area contributed by atoms with Gasteiger partial charge in [0.2, 0.25) is 0 Å². The van der Waals surface area contributed by atoms with Crippen LogP contribution in [0.25, 0.3) is 0 Å². The summed E-state index contributed by atoms with van der Waals surface area (Å²) in [6, 6.07) is 0. The third-order valence-electron chi connectivity index (χ3n) is 4.68. The lowest BCUT2D eigenvalue weighted by molar-refractivity contribution is 0.218. The summed E-state index contributed by atoms with van der Waals surface area (Å²) in [5.74, 6) is 0. The number of nitrogens with zero attached hydrogens (tertiary/aromatic N) is 2. The van der Waals surface area contributed by atoms with Crippen LogP contribution in [0.2, 0.25) is 0 Å². The van der Waals surface area contributed by atoms with Crippen LogP contribution in [0.15, 0.2) is 23.5 Å². The van der Waals surface area contributed by atoms with Crippen molar-refractivity contribution in [2.45, 2.75) is 38.0 Å². The van der Waals surface area contributed by atoms with Crippen molar-refractivity contribution < 1.29 is 0 Å². The molecule has 0 aromatic heterocycles. The average molecular weight is 246 g/mol. The van der Waals surface area contributed by atoms with E-state index in [0.29, 0.717) is 12.3 Å². The van der Waals surface area contributed by atoms with Crippen molar-refractivity contribution in [3.8, 4) is 0 Å². The number of rotatable bonds is 1. The fraction of sp³-hybridized carbons (Fsp3) is 0.714. The molecule has 4 nitrogen and oxygen atoms in total. The lowest BCUT2D eigenvalue weighted by atomic mass is 10.1. The zero-order valence-corrected chi connectivity index (χ0v) is 10.9. The van der Waals surface area contributed by atoms with Crippen molar-refractivity contribution in [3.05, 3.63) is 23.5 Å². The van der Waals surface area contributed by atoms with Crippen molar-refractivity contribution >= 4 is 0 Å². The Morgan fingerprint density at radius 3 is 1.83 bits per heavy atom. The molecule has 18 heavy (non-hydrogen) atoms. The minimum atomic E-state index is 0.585.